The Kier molecular flexibility index (Phi) is 4.35. The van der Waals surface area contributed by atoms with Crippen molar-refractivity contribution in [2.45, 2.75) is 12.4 Å². The minimum absolute atomic E-state index is 0.280. The maximum Gasteiger partial charge on any atom is 0.573 e. The minimum Gasteiger partial charge on any atom is -0.406 e. The lowest BCUT2D eigenvalue weighted by Crippen LogP contribution is -2.18. The molecule has 0 aliphatic heterocycles. The fraction of sp³-hybridized carbons (Fsp3) is 0.143. The average Bonchev–Trinajstić information content (AvgIpc) is 2.37. The van der Waals surface area contributed by atoms with Crippen molar-refractivity contribution in [1.82, 2.24) is 0 Å². The van der Waals surface area contributed by atoms with E-state index in [0.717, 1.165) is 10.0 Å². The summed E-state index contributed by atoms with van der Waals surface area (Å²) in [5.41, 5.74) is 7.41. The van der Waals surface area contributed by atoms with Crippen LogP contribution in [0.4, 0.5) is 13.2 Å². The Morgan fingerprint density at radius 1 is 1.05 bits per heavy atom. The molecule has 0 radical (unpaired) electrons. The predicted octanol–water partition coefficient (Wildman–Crippen LogP) is 4.40. The van der Waals surface area contributed by atoms with Gasteiger partial charge in [0.15, 0.2) is 0 Å². The first-order valence-corrected chi connectivity index (χ1v) is 6.52. The standard InChI is InChI=1S/C14H11BrF3NO/c15-12-7-2-1-6-11(12)13(19)9-4-3-5-10(8-9)20-14(16,17)18/h1-8,13H,19H2. The number of hydrogen-bond acceptors (Lipinski definition) is 2. The second-order valence-corrected chi connectivity index (χ2v) is 4.97. The van der Waals surface area contributed by atoms with Gasteiger partial charge in [-0.3, -0.25) is 0 Å². The van der Waals surface area contributed by atoms with Crippen LogP contribution in [0.15, 0.2) is 53.0 Å². The van der Waals surface area contributed by atoms with E-state index < -0.39 is 12.4 Å². The highest BCUT2D eigenvalue weighted by atomic mass is 79.9. The van der Waals surface area contributed by atoms with E-state index in [1.807, 2.05) is 24.3 Å². The Labute approximate surface area is 122 Å². The summed E-state index contributed by atoms with van der Waals surface area (Å²) in [6, 6.07) is 12.4. The maximum absolute atomic E-state index is 12.2. The van der Waals surface area contributed by atoms with Gasteiger partial charge in [0, 0.05) is 4.47 Å². The van der Waals surface area contributed by atoms with Crippen molar-refractivity contribution < 1.29 is 17.9 Å². The molecule has 2 aromatic rings. The summed E-state index contributed by atoms with van der Waals surface area (Å²) in [5.74, 6) is -0.280. The Balaban J connectivity index is 2.29. The summed E-state index contributed by atoms with van der Waals surface area (Å²) in [6.45, 7) is 0. The van der Waals surface area contributed by atoms with Crippen molar-refractivity contribution in [3.8, 4) is 5.75 Å². The van der Waals surface area contributed by atoms with Crippen LogP contribution >= 0.6 is 15.9 Å². The zero-order valence-electron chi connectivity index (χ0n) is 10.2. The number of rotatable bonds is 3. The van der Waals surface area contributed by atoms with E-state index in [-0.39, 0.29) is 5.75 Å². The van der Waals surface area contributed by atoms with Gasteiger partial charge in [0.2, 0.25) is 0 Å². The highest BCUT2D eigenvalue weighted by Crippen LogP contribution is 2.30. The number of ether oxygens (including phenoxy) is 1. The van der Waals surface area contributed by atoms with E-state index in [1.165, 1.54) is 18.2 Å². The fourth-order valence-electron chi connectivity index (χ4n) is 1.81. The Hall–Kier alpha value is -1.53. The van der Waals surface area contributed by atoms with Crippen molar-refractivity contribution >= 4 is 15.9 Å². The van der Waals surface area contributed by atoms with Gasteiger partial charge in [-0.05, 0) is 29.3 Å². The highest BCUT2D eigenvalue weighted by Gasteiger charge is 2.31. The van der Waals surface area contributed by atoms with Crippen molar-refractivity contribution in [3.05, 3.63) is 64.1 Å². The number of alkyl halides is 3. The third kappa shape index (κ3) is 3.74. The van der Waals surface area contributed by atoms with Gasteiger partial charge in [-0.25, -0.2) is 0 Å². The molecule has 0 aliphatic carbocycles. The van der Waals surface area contributed by atoms with Gasteiger partial charge >= 0.3 is 6.36 Å². The van der Waals surface area contributed by atoms with E-state index in [1.54, 1.807) is 6.07 Å². The number of benzene rings is 2. The predicted molar refractivity (Wildman–Crippen MR) is 73.3 cm³/mol. The van der Waals surface area contributed by atoms with Crippen LogP contribution in [0.3, 0.4) is 0 Å². The second kappa shape index (κ2) is 5.85. The number of nitrogens with two attached hydrogens (primary N) is 1. The molecule has 0 saturated carbocycles. The number of hydrogen-bond donors (Lipinski definition) is 1. The molecule has 0 heterocycles. The summed E-state index contributed by atoms with van der Waals surface area (Å²) in [5, 5.41) is 0. The highest BCUT2D eigenvalue weighted by molar-refractivity contribution is 9.10. The lowest BCUT2D eigenvalue weighted by atomic mass is 9.99. The molecule has 106 valence electrons. The molecular formula is C14H11BrF3NO. The summed E-state index contributed by atoms with van der Waals surface area (Å²) < 4.78 is 41.3. The third-order valence-corrected chi connectivity index (χ3v) is 3.41. The molecule has 6 heteroatoms. The van der Waals surface area contributed by atoms with Crippen LogP contribution in [0.5, 0.6) is 5.75 Å². The van der Waals surface area contributed by atoms with Crippen LogP contribution in [-0.4, -0.2) is 6.36 Å². The van der Waals surface area contributed by atoms with Crippen LogP contribution in [0.1, 0.15) is 17.2 Å². The van der Waals surface area contributed by atoms with E-state index in [9.17, 15) is 13.2 Å². The molecule has 0 spiro atoms. The van der Waals surface area contributed by atoms with Crippen molar-refractivity contribution in [2.24, 2.45) is 5.73 Å². The summed E-state index contributed by atoms with van der Waals surface area (Å²) in [7, 11) is 0. The van der Waals surface area contributed by atoms with Gasteiger partial charge in [0.1, 0.15) is 5.75 Å². The molecule has 0 bridgehead atoms. The van der Waals surface area contributed by atoms with Crippen molar-refractivity contribution in [1.29, 1.82) is 0 Å². The van der Waals surface area contributed by atoms with Crippen LogP contribution in [0.25, 0.3) is 0 Å². The molecule has 2 rings (SSSR count). The molecule has 0 saturated heterocycles. The third-order valence-electron chi connectivity index (χ3n) is 2.69. The van der Waals surface area contributed by atoms with Gasteiger partial charge in [0.25, 0.3) is 0 Å². The average molecular weight is 346 g/mol. The largest absolute Gasteiger partial charge is 0.573 e. The van der Waals surface area contributed by atoms with Gasteiger partial charge in [-0.1, -0.05) is 46.3 Å². The molecule has 1 atom stereocenters. The van der Waals surface area contributed by atoms with Crippen LogP contribution in [0, 0.1) is 0 Å². The molecular weight excluding hydrogens is 335 g/mol. The van der Waals surface area contributed by atoms with Crippen molar-refractivity contribution in [3.63, 3.8) is 0 Å². The molecule has 2 aromatic carbocycles. The van der Waals surface area contributed by atoms with Gasteiger partial charge in [-0.15, -0.1) is 13.2 Å². The van der Waals surface area contributed by atoms with Crippen molar-refractivity contribution in [2.75, 3.05) is 0 Å². The zero-order chi connectivity index (χ0) is 14.8. The fourth-order valence-corrected chi connectivity index (χ4v) is 2.34. The molecule has 20 heavy (non-hydrogen) atoms. The number of halogens is 4. The zero-order valence-corrected chi connectivity index (χ0v) is 11.8. The van der Waals surface area contributed by atoms with Crippen LogP contribution in [0.2, 0.25) is 0 Å². The molecule has 0 fully saturated rings. The van der Waals surface area contributed by atoms with E-state index in [4.69, 9.17) is 5.73 Å². The van der Waals surface area contributed by atoms with Gasteiger partial charge < -0.3 is 10.5 Å². The van der Waals surface area contributed by atoms with Crippen LogP contribution in [-0.2, 0) is 0 Å². The summed E-state index contributed by atoms with van der Waals surface area (Å²) in [6.07, 6.45) is -4.71. The van der Waals surface area contributed by atoms with E-state index in [0.29, 0.717) is 5.56 Å². The molecule has 2 nitrogen and oxygen atoms in total. The Morgan fingerprint density at radius 3 is 2.40 bits per heavy atom. The molecule has 0 aromatic heterocycles. The van der Waals surface area contributed by atoms with Crippen LogP contribution < -0.4 is 10.5 Å². The van der Waals surface area contributed by atoms with Gasteiger partial charge in [0.05, 0.1) is 6.04 Å². The molecule has 1 unspecified atom stereocenters. The van der Waals surface area contributed by atoms with E-state index in [2.05, 4.69) is 20.7 Å². The second-order valence-electron chi connectivity index (χ2n) is 4.12. The SMILES string of the molecule is NC(c1cccc(OC(F)(F)F)c1)c1ccccc1Br. The molecule has 0 amide bonds. The Bertz CT molecular complexity index is 601. The lowest BCUT2D eigenvalue weighted by molar-refractivity contribution is -0.274. The first kappa shape index (κ1) is 14.9. The van der Waals surface area contributed by atoms with E-state index >= 15 is 0 Å². The monoisotopic (exact) mass is 345 g/mol. The smallest absolute Gasteiger partial charge is 0.406 e. The topological polar surface area (TPSA) is 35.2 Å². The quantitative estimate of drug-likeness (QED) is 0.894. The summed E-state index contributed by atoms with van der Waals surface area (Å²) >= 11 is 3.37. The first-order valence-electron chi connectivity index (χ1n) is 5.72. The minimum atomic E-state index is -4.71. The maximum atomic E-state index is 12.2. The Morgan fingerprint density at radius 2 is 1.75 bits per heavy atom. The normalized spacial score (nSPS) is 13.1. The summed E-state index contributed by atoms with van der Waals surface area (Å²) in [4.78, 5) is 0. The molecule has 2 N–H and O–H groups in total. The molecule has 0 aliphatic rings. The first-order chi connectivity index (χ1) is 9.37. The van der Waals surface area contributed by atoms with Gasteiger partial charge in [-0.2, -0.15) is 0 Å². The lowest BCUT2D eigenvalue weighted by Gasteiger charge is -2.16.